The molecule has 1 aliphatic rings. The van der Waals surface area contributed by atoms with E-state index in [-0.39, 0.29) is 11.8 Å². The number of rotatable bonds is 5. The summed E-state index contributed by atoms with van der Waals surface area (Å²) in [7, 11) is 0. The van der Waals surface area contributed by atoms with Crippen LogP contribution in [0.15, 0.2) is 66.0 Å². The van der Waals surface area contributed by atoms with Crippen LogP contribution in [-0.2, 0) is 0 Å². The van der Waals surface area contributed by atoms with Crippen molar-refractivity contribution in [1.82, 2.24) is 0 Å². The van der Waals surface area contributed by atoms with Crippen molar-refractivity contribution in [1.29, 1.82) is 0 Å². The fourth-order valence-corrected chi connectivity index (χ4v) is 3.93. The standard InChI is InChI=1S/C22H21N3O2S/c26-21(24-18-6-1-2-7-19(18)25-13-3-4-14-25)16-9-11-17(12-10-16)23-22(27)20-8-5-15-28-20/h1-2,5-12,15H,3-4,13-14H2,(H,23,27)(H,24,26). The molecule has 1 aromatic heterocycles. The molecule has 2 N–H and O–H groups in total. The van der Waals surface area contributed by atoms with E-state index in [1.54, 1.807) is 30.3 Å². The van der Waals surface area contributed by atoms with Crippen LogP contribution in [0.3, 0.4) is 0 Å². The van der Waals surface area contributed by atoms with Gasteiger partial charge in [0.25, 0.3) is 11.8 Å². The van der Waals surface area contributed by atoms with Gasteiger partial charge in [0.15, 0.2) is 0 Å². The molecule has 28 heavy (non-hydrogen) atoms. The highest BCUT2D eigenvalue weighted by Gasteiger charge is 2.17. The SMILES string of the molecule is O=C(Nc1ccccc1N1CCCC1)c1ccc(NC(=O)c2cccs2)cc1. The zero-order valence-electron chi connectivity index (χ0n) is 15.4. The number of nitrogens with zero attached hydrogens (tertiary/aromatic N) is 1. The molecule has 3 aromatic rings. The Morgan fingerprint density at radius 2 is 1.57 bits per heavy atom. The highest BCUT2D eigenvalue weighted by molar-refractivity contribution is 7.12. The highest BCUT2D eigenvalue weighted by atomic mass is 32.1. The molecule has 0 saturated carbocycles. The summed E-state index contributed by atoms with van der Waals surface area (Å²) in [4.78, 5) is 27.8. The molecule has 1 saturated heterocycles. The Morgan fingerprint density at radius 1 is 0.821 bits per heavy atom. The second-order valence-electron chi connectivity index (χ2n) is 6.67. The molecule has 142 valence electrons. The predicted octanol–water partition coefficient (Wildman–Crippen LogP) is 4.85. The van der Waals surface area contributed by atoms with Gasteiger partial charge in [-0.3, -0.25) is 9.59 Å². The molecule has 0 bridgehead atoms. The first-order chi connectivity index (χ1) is 13.7. The van der Waals surface area contributed by atoms with E-state index in [1.165, 1.54) is 24.2 Å². The van der Waals surface area contributed by atoms with Crippen LogP contribution >= 0.6 is 11.3 Å². The Labute approximate surface area is 168 Å². The van der Waals surface area contributed by atoms with Gasteiger partial charge in [-0.15, -0.1) is 11.3 Å². The van der Waals surface area contributed by atoms with Crippen molar-refractivity contribution in [3.63, 3.8) is 0 Å². The fraction of sp³-hybridized carbons (Fsp3) is 0.182. The van der Waals surface area contributed by atoms with E-state index < -0.39 is 0 Å². The van der Waals surface area contributed by atoms with Crippen LogP contribution in [0.5, 0.6) is 0 Å². The molecular weight excluding hydrogens is 370 g/mol. The van der Waals surface area contributed by atoms with Crippen LogP contribution < -0.4 is 15.5 Å². The monoisotopic (exact) mass is 391 g/mol. The van der Waals surface area contributed by atoms with Crippen LogP contribution in [0.25, 0.3) is 0 Å². The van der Waals surface area contributed by atoms with Crippen molar-refractivity contribution in [3.05, 3.63) is 76.5 Å². The number of anilines is 3. The van der Waals surface area contributed by atoms with E-state index >= 15 is 0 Å². The van der Waals surface area contributed by atoms with Crippen molar-refractivity contribution in [2.75, 3.05) is 28.6 Å². The van der Waals surface area contributed by atoms with Gasteiger partial charge in [0.05, 0.1) is 16.3 Å². The van der Waals surface area contributed by atoms with Gasteiger partial charge >= 0.3 is 0 Å². The largest absolute Gasteiger partial charge is 0.370 e. The smallest absolute Gasteiger partial charge is 0.265 e. The molecule has 2 aromatic carbocycles. The van der Waals surface area contributed by atoms with Gasteiger partial charge in [-0.2, -0.15) is 0 Å². The van der Waals surface area contributed by atoms with Gasteiger partial charge < -0.3 is 15.5 Å². The topological polar surface area (TPSA) is 61.4 Å². The molecule has 0 aliphatic carbocycles. The minimum absolute atomic E-state index is 0.147. The van der Waals surface area contributed by atoms with E-state index in [4.69, 9.17) is 0 Å². The third-order valence-corrected chi connectivity index (χ3v) is 5.62. The summed E-state index contributed by atoms with van der Waals surface area (Å²) in [6.07, 6.45) is 2.36. The Bertz CT molecular complexity index is 962. The molecule has 1 aliphatic heterocycles. The van der Waals surface area contributed by atoms with E-state index in [2.05, 4.69) is 15.5 Å². The predicted molar refractivity (Wildman–Crippen MR) is 115 cm³/mol. The molecule has 0 atom stereocenters. The first kappa shape index (κ1) is 18.3. The quantitative estimate of drug-likeness (QED) is 0.653. The van der Waals surface area contributed by atoms with Crippen LogP contribution in [-0.4, -0.2) is 24.9 Å². The first-order valence-electron chi connectivity index (χ1n) is 9.31. The lowest BCUT2D eigenvalue weighted by Crippen LogP contribution is -2.21. The lowest BCUT2D eigenvalue weighted by Gasteiger charge is -2.21. The number of nitrogens with one attached hydrogen (secondary N) is 2. The summed E-state index contributed by atoms with van der Waals surface area (Å²) < 4.78 is 0. The summed E-state index contributed by atoms with van der Waals surface area (Å²) in [6.45, 7) is 2.04. The normalized spacial score (nSPS) is 13.4. The zero-order valence-corrected chi connectivity index (χ0v) is 16.2. The molecular formula is C22H21N3O2S. The van der Waals surface area contributed by atoms with Crippen molar-refractivity contribution >= 4 is 40.2 Å². The van der Waals surface area contributed by atoms with Gasteiger partial charge in [0.1, 0.15) is 0 Å². The van der Waals surface area contributed by atoms with Crippen molar-refractivity contribution in [3.8, 4) is 0 Å². The number of para-hydroxylation sites is 2. The minimum Gasteiger partial charge on any atom is -0.370 e. The van der Waals surface area contributed by atoms with Crippen molar-refractivity contribution < 1.29 is 9.59 Å². The third-order valence-electron chi connectivity index (χ3n) is 4.75. The second kappa shape index (κ2) is 8.27. The van der Waals surface area contributed by atoms with Crippen LogP contribution in [0.1, 0.15) is 32.9 Å². The first-order valence-corrected chi connectivity index (χ1v) is 10.2. The number of benzene rings is 2. The zero-order chi connectivity index (χ0) is 19.3. The van der Waals surface area contributed by atoms with Gasteiger partial charge in [0.2, 0.25) is 0 Å². The molecule has 0 radical (unpaired) electrons. The molecule has 2 heterocycles. The molecule has 2 amide bonds. The summed E-state index contributed by atoms with van der Waals surface area (Å²) in [5.74, 6) is -0.311. The maximum Gasteiger partial charge on any atom is 0.265 e. The van der Waals surface area contributed by atoms with Crippen LogP contribution in [0.2, 0.25) is 0 Å². The molecule has 0 spiro atoms. The Kier molecular flexibility index (Phi) is 5.39. The number of hydrogen-bond donors (Lipinski definition) is 2. The van der Waals surface area contributed by atoms with Gasteiger partial charge in [-0.1, -0.05) is 18.2 Å². The second-order valence-corrected chi connectivity index (χ2v) is 7.62. The summed E-state index contributed by atoms with van der Waals surface area (Å²) in [5, 5.41) is 7.72. The van der Waals surface area contributed by atoms with Gasteiger partial charge in [-0.05, 0) is 60.7 Å². The van der Waals surface area contributed by atoms with E-state index in [0.29, 0.717) is 16.1 Å². The molecule has 5 nitrogen and oxygen atoms in total. The van der Waals surface area contributed by atoms with Gasteiger partial charge in [0, 0.05) is 24.3 Å². The average Bonchev–Trinajstić information content (AvgIpc) is 3.43. The lowest BCUT2D eigenvalue weighted by atomic mass is 10.1. The summed E-state index contributed by atoms with van der Waals surface area (Å²) >= 11 is 1.39. The van der Waals surface area contributed by atoms with E-state index in [1.807, 2.05) is 35.7 Å². The minimum atomic E-state index is -0.164. The fourth-order valence-electron chi connectivity index (χ4n) is 3.31. The maximum atomic E-state index is 12.7. The number of carbonyl (C=O) groups is 2. The summed E-state index contributed by atoms with van der Waals surface area (Å²) in [6, 6.07) is 18.4. The highest BCUT2D eigenvalue weighted by Crippen LogP contribution is 2.29. The van der Waals surface area contributed by atoms with E-state index in [0.717, 1.165) is 24.5 Å². The maximum absolute atomic E-state index is 12.7. The third kappa shape index (κ3) is 4.07. The molecule has 1 fully saturated rings. The Morgan fingerprint density at radius 3 is 2.29 bits per heavy atom. The number of hydrogen-bond acceptors (Lipinski definition) is 4. The average molecular weight is 391 g/mol. The van der Waals surface area contributed by atoms with Crippen LogP contribution in [0, 0.1) is 0 Å². The van der Waals surface area contributed by atoms with Gasteiger partial charge in [-0.25, -0.2) is 0 Å². The molecule has 4 rings (SSSR count). The number of carbonyl (C=O) groups excluding carboxylic acids is 2. The Hall–Kier alpha value is -3.12. The van der Waals surface area contributed by atoms with Crippen molar-refractivity contribution in [2.24, 2.45) is 0 Å². The van der Waals surface area contributed by atoms with Crippen LogP contribution in [0.4, 0.5) is 17.1 Å². The summed E-state index contributed by atoms with van der Waals surface area (Å²) in [5.41, 5.74) is 3.09. The number of thiophene rings is 1. The Balaban J connectivity index is 1.44. The van der Waals surface area contributed by atoms with Crippen molar-refractivity contribution in [2.45, 2.75) is 12.8 Å². The lowest BCUT2D eigenvalue weighted by molar-refractivity contribution is 0.102. The molecule has 6 heteroatoms. The number of amides is 2. The molecule has 0 unspecified atom stereocenters. The van der Waals surface area contributed by atoms with E-state index in [9.17, 15) is 9.59 Å².